The molecule has 1 aliphatic heterocycles. The zero-order chi connectivity index (χ0) is 29.9. The van der Waals surface area contributed by atoms with Crippen LogP contribution in [0.1, 0.15) is 75.3 Å². The molecule has 2 aliphatic rings. The Labute approximate surface area is 240 Å². The van der Waals surface area contributed by atoms with Crippen molar-refractivity contribution in [3.05, 3.63) is 35.4 Å². The van der Waals surface area contributed by atoms with E-state index in [2.05, 4.69) is 10.6 Å². The summed E-state index contributed by atoms with van der Waals surface area (Å²) in [5.74, 6) is -3.40. The van der Waals surface area contributed by atoms with Crippen LogP contribution in [0.25, 0.3) is 0 Å². The summed E-state index contributed by atoms with van der Waals surface area (Å²) in [6.45, 7) is 2.28. The van der Waals surface area contributed by atoms with Crippen molar-refractivity contribution >= 4 is 29.8 Å². The van der Waals surface area contributed by atoms with Gasteiger partial charge in [0, 0.05) is 12.5 Å². The van der Waals surface area contributed by atoms with Crippen LogP contribution in [0.3, 0.4) is 0 Å². The molecular formula is C29H42N4O8. The quantitative estimate of drug-likeness (QED) is 0.208. The summed E-state index contributed by atoms with van der Waals surface area (Å²) in [7, 11) is 0. The first kappa shape index (κ1) is 31.9. The van der Waals surface area contributed by atoms with Gasteiger partial charge in [0.1, 0.15) is 24.7 Å². The number of benzene rings is 1. The Bertz CT molecular complexity index is 1100. The molecule has 12 heteroatoms. The summed E-state index contributed by atoms with van der Waals surface area (Å²) < 4.78 is 5.29. The molecule has 41 heavy (non-hydrogen) atoms. The molecular weight excluding hydrogens is 532 g/mol. The molecule has 0 radical (unpaired) electrons. The van der Waals surface area contributed by atoms with Crippen LogP contribution in [0.4, 0.5) is 4.79 Å². The lowest BCUT2D eigenvalue weighted by molar-refractivity contribution is -0.150. The first-order valence-electron chi connectivity index (χ1n) is 14.4. The van der Waals surface area contributed by atoms with Crippen molar-refractivity contribution < 1.29 is 38.9 Å². The lowest BCUT2D eigenvalue weighted by Crippen LogP contribution is -2.52. The zero-order valence-corrected chi connectivity index (χ0v) is 23.5. The number of nitrogens with one attached hydrogen (secondary N) is 2. The highest BCUT2D eigenvalue weighted by Gasteiger charge is 2.47. The van der Waals surface area contributed by atoms with Crippen LogP contribution in [-0.4, -0.2) is 75.7 Å². The van der Waals surface area contributed by atoms with Gasteiger partial charge in [-0.3, -0.25) is 9.59 Å². The van der Waals surface area contributed by atoms with Gasteiger partial charge in [-0.15, -0.1) is 0 Å². The second-order valence-electron chi connectivity index (χ2n) is 10.9. The van der Waals surface area contributed by atoms with E-state index in [4.69, 9.17) is 10.5 Å². The molecule has 1 aromatic carbocycles. The summed E-state index contributed by atoms with van der Waals surface area (Å²) in [5.41, 5.74) is 7.32. The number of hydrogen-bond acceptors (Lipinski definition) is 7. The third-order valence-corrected chi connectivity index (χ3v) is 8.10. The monoisotopic (exact) mass is 574 g/mol. The lowest BCUT2D eigenvalue weighted by atomic mass is 9.84. The van der Waals surface area contributed by atoms with E-state index in [9.17, 15) is 34.2 Å². The Morgan fingerprint density at radius 1 is 1.02 bits per heavy atom. The number of amides is 3. The number of alkyl carbamates (subject to hydrolysis) is 1. The molecule has 0 unspecified atom stereocenters. The van der Waals surface area contributed by atoms with E-state index in [-0.39, 0.29) is 37.8 Å². The van der Waals surface area contributed by atoms with Gasteiger partial charge in [-0.25, -0.2) is 14.4 Å². The lowest BCUT2D eigenvalue weighted by Gasteiger charge is -2.33. The van der Waals surface area contributed by atoms with Crippen LogP contribution in [0.15, 0.2) is 24.3 Å². The molecule has 12 nitrogen and oxygen atoms in total. The third kappa shape index (κ3) is 8.91. The van der Waals surface area contributed by atoms with Crippen molar-refractivity contribution in [1.29, 1.82) is 0 Å². The fraction of sp³-hybridized carbons (Fsp3) is 0.621. The molecule has 1 aromatic rings. The summed E-state index contributed by atoms with van der Waals surface area (Å²) in [4.78, 5) is 64.1. The Morgan fingerprint density at radius 2 is 1.76 bits per heavy atom. The Kier molecular flexibility index (Phi) is 11.9. The molecule has 2 fully saturated rings. The van der Waals surface area contributed by atoms with Gasteiger partial charge in [0.05, 0.1) is 0 Å². The number of ether oxygens (including phenoxy) is 1. The molecule has 1 saturated carbocycles. The van der Waals surface area contributed by atoms with Crippen LogP contribution in [0.5, 0.6) is 0 Å². The number of aliphatic carboxylic acids is 2. The number of hydrogen-bond donors (Lipinski definition) is 5. The topological polar surface area (TPSA) is 188 Å². The van der Waals surface area contributed by atoms with E-state index in [0.717, 1.165) is 36.8 Å². The third-order valence-electron chi connectivity index (χ3n) is 8.10. The van der Waals surface area contributed by atoms with Crippen molar-refractivity contribution in [2.24, 2.45) is 11.7 Å². The maximum absolute atomic E-state index is 13.2. The van der Waals surface area contributed by atoms with Crippen LogP contribution in [0.2, 0.25) is 0 Å². The van der Waals surface area contributed by atoms with E-state index in [1.54, 1.807) is 0 Å². The van der Waals surface area contributed by atoms with Crippen LogP contribution >= 0.6 is 0 Å². The molecule has 5 atom stereocenters. The number of fused-ring (bicyclic) bond motifs is 1. The van der Waals surface area contributed by atoms with E-state index >= 15 is 0 Å². The van der Waals surface area contributed by atoms with Crippen molar-refractivity contribution in [1.82, 2.24) is 15.5 Å². The van der Waals surface area contributed by atoms with Crippen molar-refractivity contribution in [2.75, 3.05) is 6.54 Å². The van der Waals surface area contributed by atoms with Crippen molar-refractivity contribution in [2.45, 2.75) is 102 Å². The van der Waals surface area contributed by atoms with Gasteiger partial charge < -0.3 is 36.2 Å². The molecule has 0 spiro atoms. The minimum absolute atomic E-state index is 0.00516. The summed E-state index contributed by atoms with van der Waals surface area (Å²) in [6.07, 6.45) is 3.99. The number of carboxylic acids is 2. The maximum atomic E-state index is 13.2. The second-order valence-corrected chi connectivity index (χ2v) is 10.9. The number of likely N-dealkylation sites (tertiary alicyclic amines) is 1. The molecule has 6 N–H and O–H groups in total. The number of carbonyl (C=O) groups excluding carboxylic acids is 3. The fourth-order valence-corrected chi connectivity index (χ4v) is 5.83. The molecule has 3 rings (SSSR count). The summed E-state index contributed by atoms with van der Waals surface area (Å²) in [5, 5.41) is 24.4. The minimum atomic E-state index is -1.40. The Morgan fingerprint density at radius 3 is 2.44 bits per heavy atom. The van der Waals surface area contributed by atoms with Crippen LogP contribution < -0.4 is 16.4 Å². The number of nitrogens with zero attached hydrogens (tertiary/aromatic N) is 1. The fourth-order valence-electron chi connectivity index (χ4n) is 5.83. The SMILES string of the molecule is Cc1ccccc1COC(=O)N[C@@H](CCCCN)C(=O)N[C@H](CCC(=O)N1[C@H](C(=O)O)C[C@@H]2CCCC[C@@H]21)C(=O)O. The van der Waals surface area contributed by atoms with Gasteiger partial charge in [0.25, 0.3) is 0 Å². The van der Waals surface area contributed by atoms with Gasteiger partial charge in [0.2, 0.25) is 11.8 Å². The van der Waals surface area contributed by atoms with Crippen LogP contribution in [-0.2, 0) is 30.5 Å². The van der Waals surface area contributed by atoms with Gasteiger partial charge >= 0.3 is 18.0 Å². The number of carbonyl (C=O) groups is 5. The predicted molar refractivity (Wildman–Crippen MR) is 149 cm³/mol. The van der Waals surface area contributed by atoms with Gasteiger partial charge in [-0.2, -0.15) is 0 Å². The van der Waals surface area contributed by atoms with Crippen LogP contribution in [0, 0.1) is 12.8 Å². The van der Waals surface area contributed by atoms with Gasteiger partial charge in [0.15, 0.2) is 0 Å². The summed E-state index contributed by atoms with van der Waals surface area (Å²) in [6, 6.07) is 3.85. The standard InChI is InChI=1S/C29H42N4O8/c1-18-8-2-3-10-20(18)17-41-29(40)32-21(11-6-7-15-30)26(35)31-22(27(36)37)13-14-25(34)33-23-12-5-4-9-19(23)16-24(33)28(38)39/h2-3,8,10,19,21-24H,4-7,9,11-17,30H2,1H3,(H,31,35)(H,32,40)(H,36,37)(H,38,39)/t19-,21-,22+,23-,24-/m0/s1. The molecule has 1 heterocycles. The molecule has 226 valence electrons. The number of aryl methyl sites for hydroxylation is 1. The Balaban J connectivity index is 1.60. The predicted octanol–water partition coefficient (Wildman–Crippen LogP) is 2.31. The number of rotatable bonds is 14. The highest BCUT2D eigenvalue weighted by molar-refractivity contribution is 5.90. The molecule has 3 amide bonds. The maximum Gasteiger partial charge on any atom is 0.408 e. The van der Waals surface area contributed by atoms with E-state index in [0.29, 0.717) is 25.8 Å². The van der Waals surface area contributed by atoms with E-state index in [1.807, 2.05) is 31.2 Å². The number of unbranched alkanes of at least 4 members (excludes halogenated alkanes) is 1. The number of nitrogens with two attached hydrogens (primary N) is 1. The molecule has 1 aliphatic carbocycles. The van der Waals surface area contributed by atoms with Gasteiger partial charge in [-0.1, -0.05) is 37.1 Å². The van der Waals surface area contributed by atoms with Crippen molar-refractivity contribution in [3.63, 3.8) is 0 Å². The average Bonchev–Trinajstić information content (AvgIpc) is 3.34. The highest BCUT2D eigenvalue weighted by Crippen LogP contribution is 2.40. The summed E-state index contributed by atoms with van der Waals surface area (Å²) >= 11 is 0. The largest absolute Gasteiger partial charge is 0.480 e. The number of carboxylic acid groups (broad SMARTS) is 2. The normalized spacial score (nSPS) is 21.3. The Hall–Kier alpha value is -3.67. The first-order chi connectivity index (χ1) is 19.6. The van der Waals surface area contributed by atoms with E-state index in [1.165, 1.54) is 4.90 Å². The van der Waals surface area contributed by atoms with E-state index < -0.39 is 48.0 Å². The molecule has 0 bridgehead atoms. The highest BCUT2D eigenvalue weighted by atomic mass is 16.5. The van der Waals surface area contributed by atoms with Crippen molar-refractivity contribution in [3.8, 4) is 0 Å². The zero-order valence-electron chi connectivity index (χ0n) is 23.5. The molecule has 0 aromatic heterocycles. The average molecular weight is 575 g/mol. The minimum Gasteiger partial charge on any atom is -0.480 e. The van der Waals surface area contributed by atoms with Gasteiger partial charge in [-0.05, 0) is 75.5 Å². The smallest absolute Gasteiger partial charge is 0.408 e. The second kappa shape index (κ2) is 15.4. The first-order valence-corrected chi connectivity index (χ1v) is 14.4. The molecule has 1 saturated heterocycles.